The van der Waals surface area contributed by atoms with Gasteiger partial charge in [0, 0.05) is 11.1 Å². The van der Waals surface area contributed by atoms with Crippen LogP contribution >= 0.6 is 0 Å². The van der Waals surface area contributed by atoms with E-state index in [1.165, 1.54) is 55.9 Å². The molecule has 178 valence electrons. The number of hydrogen-bond acceptors (Lipinski definition) is 0. The van der Waals surface area contributed by atoms with Gasteiger partial charge in [-0.2, -0.15) is 4.57 Å². The topological polar surface area (TPSA) is 8.81 Å². The maximum atomic E-state index is 2.57. The fraction of sp³-hybridized carbons (Fsp3) is 0.406. The zero-order valence-electron chi connectivity index (χ0n) is 22.7. The van der Waals surface area contributed by atoms with Crippen LogP contribution in [0.2, 0.25) is 0 Å². The zero-order chi connectivity index (χ0) is 24.9. The molecule has 0 bridgehead atoms. The summed E-state index contributed by atoms with van der Waals surface area (Å²) >= 11 is 0. The predicted molar refractivity (Wildman–Crippen MR) is 146 cm³/mol. The molecule has 0 aliphatic carbocycles. The molecule has 1 aromatic heterocycles. The first kappa shape index (κ1) is 24.3. The monoisotopic (exact) mass is 453 g/mol. The van der Waals surface area contributed by atoms with Crippen LogP contribution in [0, 0.1) is 13.8 Å². The van der Waals surface area contributed by atoms with Gasteiger partial charge in [0.15, 0.2) is 11.0 Å². The molecule has 0 N–H and O–H groups in total. The van der Waals surface area contributed by atoms with Crippen LogP contribution in [0.3, 0.4) is 0 Å². The maximum absolute atomic E-state index is 2.57. The van der Waals surface area contributed by atoms with E-state index in [2.05, 4.69) is 133 Å². The highest BCUT2D eigenvalue weighted by Crippen LogP contribution is 2.38. The fourth-order valence-electron chi connectivity index (χ4n) is 5.11. The molecule has 0 saturated carbocycles. The predicted octanol–water partition coefficient (Wildman–Crippen LogP) is 8.28. The highest BCUT2D eigenvalue weighted by Gasteiger charge is 2.32. The molecule has 3 aromatic carbocycles. The van der Waals surface area contributed by atoms with Crippen LogP contribution in [0.5, 0.6) is 0 Å². The van der Waals surface area contributed by atoms with E-state index < -0.39 is 0 Å². The summed E-state index contributed by atoms with van der Waals surface area (Å²) in [7, 11) is 2.22. The van der Waals surface area contributed by atoms with Gasteiger partial charge in [0.25, 0.3) is 5.82 Å². The first-order chi connectivity index (χ1) is 15.9. The summed E-state index contributed by atoms with van der Waals surface area (Å²) in [6, 6.07) is 20.7. The van der Waals surface area contributed by atoms with Crippen molar-refractivity contribution in [3.63, 3.8) is 0 Å². The molecule has 0 unspecified atom stereocenters. The lowest BCUT2D eigenvalue weighted by Gasteiger charge is -2.20. The lowest BCUT2D eigenvalue weighted by atomic mass is 9.87. The van der Waals surface area contributed by atoms with Crippen LogP contribution in [0.4, 0.5) is 0 Å². The lowest BCUT2D eigenvalue weighted by Crippen LogP contribution is -2.30. The van der Waals surface area contributed by atoms with Gasteiger partial charge in [-0.15, -0.1) is 0 Å². The van der Waals surface area contributed by atoms with Crippen LogP contribution in [0.1, 0.15) is 88.1 Å². The molecule has 2 heteroatoms. The quantitative estimate of drug-likeness (QED) is 0.275. The van der Waals surface area contributed by atoms with Crippen LogP contribution in [-0.2, 0) is 12.5 Å². The van der Waals surface area contributed by atoms with E-state index in [9.17, 15) is 0 Å². The summed E-state index contributed by atoms with van der Waals surface area (Å²) in [5.41, 5.74) is 12.0. The highest BCUT2D eigenvalue weighted by molar-refractivity contribution is 5.82. The lowest BCUT2D eigenvalue weighted by molar-refractivity contribution is -0.633. The van der Waals surface area contributed by atoms with Gasteiger partial charge < -0.3 is 0 Å². The SMILES string of the molecule is Cc1ccc(C)c(-c2n(-c3c(C(C)C)cccc3C(C)C)c3cc(C(C)(C)C)ccc3[n+]2C)c1. The van der Waals surface area contributed by atoms with Crippen LogP contribution < -0.4 is 4.57 Å². The van der Waals surface area contributed by atoms with Gasteiger partial charge in [0.05, 0.1) is 12.6 Å². The van der Waals surface area contributed by atoms with Crippen molar-refractivity contribution in [2.24, 2.45) is 7.05 Å². The van der Waals surface area contributed by atoms with Crippen molar-refractivity contribution < 1.29 is 4.57 Å². The number of benzene rings is 3. The standard InChI is InChI=1S/C32H41N2/c1-20(2)25-12-11-13-26(21(3)4)30(25)34-29-19-24(32(7,8)9)16-17-28(29)33(10)31(34)27-18-22(5)14-15-23(27)6/h11-21H,1-10H3/q+1. The Morgan fingerprint density at radius 3 is 1.97 bits per heavy atom. The molecule has 2 nitrogen and oxygen atoms in total. The molecule has 4 aromatic rings. The number of nitrogens with zero attached hydrogens (tertiary/aromatic N) is 2. The van der Waals surface area contributed by atoms with Gasteiger partial charge in [0.1, 0.15) is 5.69 Å². The molecule has 0 saturated heterocycles. The number of imidazole rings is 1. The van der Waals surface area contributed by atoms with E-state index in [4.69, 9.17) is 0 Å². The summed E-state index contributed by atoms with van der Waals surface area (Å²) in [6.45, 7) is 20.6. The minimum absolute atomic E-state index is 0.0831. The Hall–Kier alpha value is -2.87. The average molecular weight is 454 g/mol. The van der Waals surface area contributed by atoms with Crippen LogP contribution in [-0.4, -0.2) is 4.57 Å². The van der Waals surface area contributed by atoms with E-state index >= 15 is 0 Å². The van der Waals surface area contributed by atoms with E-state index in [0.29, 0.717) is 11.8 Å². The van der Waals surface area contributed by atoms with Crippen molar-refractivity contribution in [3.8, 4) is 17.1 Å². The summed E-state index contributed by atoms with van der Waals surface area (Å²) < 4.78 is 4.96. The summed E-state index contributed by atoms with van der Waals surface area (Å²) in [5.74, 6) is 2.10. The van der Waals surface area contributed by atoms with Gasteiger partial charge in [0.2, 0.25) is 0 Å². The fourth-order valence-corrected chi connectivity index (χ4v) is 5.11. The van der Waals surface area contributed by atoms with Gasteiger partial charge in [-0.3, -0.25) is 0 Å². The molecule has 0 radical (unpaired) electrons. The molecule has 0 spiro atoms. The minimum Gasteiger partial charge on any atom is -0.225 e. The number of aryl methyl sites for hydroxylation is 3. The molecular formula is C32H41N2+. The average Bonchev–Trinajstić information content (AvgIpc) is 3.05. The highest BCUT2D eigenvalue weighted by atomic mass is 15.2. The zero-order valence-corrected chi connectivity index (χ0v) is 22.7. The third kappa shape index (κ3) is 4.08. The first-order valence-corrected chi connectivity index (χ1v) is 12.7. The minimum atomic E-state index is 0.0831. The summed E-state index contributed by atoms with van der Waals surface area (Å²) in [6.07, 6.45) is 0. The van der Waals surface area contributed by atoms with E-state index in [1.54, 1.807) is 0 Å². The molecule has 0 fully saturated rings. The molecule has 0 amide bonds. The third-order valence-electron chi connectivity index (χ3n) is 7.17. The number of aromatic nitrogens is 2. The second-order valence-corrected chi connectivity index (χ2v) is 11.6. The van der Waals surface area contributed by atoms with Crippen molar-refractivity contribution in [1.82, 2.24) is 4.57 Å². The molecule has 0 aliphatic rings. The Morgan fingerprint density at radius 2 is 1.41 bits per heavy atom. The van der Waals surface area contributed by atoms with Gasteiger partial charge >= 0.3 is 0 Å². The van der Waals surface area contributed by atoms with Gasteiger partial charge in [-0.1, -0.05) is 90.4 Å². The van der Waals surface area contributed by atoms with Crippen molar-refractivity contribution in [2.75, 3.05) is 0 Å². The molecule has 0 atom stereocenters. The second kappa shape index (κ2) is 8.73. The van der Waals surface area contributed by atoms with E-state index in [1.807, 2.05) is 0 Å². The molecule has 0 aliphatic heterocycles. The Kier molecular flexibility index (Phi) is 6.23. The summed E-state index contributed by atoms with van der Waals surface area (Å²) in [4.78, 5) is 0. The normalized spacial score (nSPS) is 12.4. The second-order valence-electron chi connectivity index (χ2n) is 11.6. The number of para-hydroxylation sites is 1. The summed E-state index contributed by atoms with van der Waals surface area (Å²) in [5, 5.41) is 0. The number of rotatable bonds is 4. The Bertz CT molecular complexity index is 1330. The largest absolute Gasteiger partial charge is 0.295 e. The molecule has 1 heterocycles. The van der Waals surface area contributed by atoms with Crippen molar-refractivity contribution in [3.05, 3.63) is 82.4 Å². The van der Waals surface area contributed by atoms with Crippen molar-refractivity contribution in [2.45, 2.75) is 79.6 Å². The third-order valence-corrected chi connectivity index (χ3v) is 7.17. The Morgan fingerprint density at radius 1 is 0.794 bits per heavy atom. The van der Waals surface area contributed by atoms with Crippen molar-refractivity contribution in [1.29, 1.82) is 0 Å². The maximum Gasteiger partial charge on any atom is 0.295 e. The Balaban J connectivity index is 2.26. The molecule has 4 rings (SSSR count). The molecular weight excluding hydrogens is 412 g/mol. The Labute approximate surface area is 206 Å². The van der Waals surface area contributed by atoms with Gasteiger partial charge in [-0.05, 0) is 60.4 Å². The molecule has 34 heavy (non-hydrogen) atoms. The van der Waals surface area contributed by atoms with E-state index in [0.717, 1.165) is 0 Å². The van der Waals surface area contributed by atoms with Crippen LogP contribution in [0.25, 0.3) is 28.1 Å². The number of fused-ring (bicyclic) bond motifs is 1. The van der Waals surface area contributed by atoms with Gasteiger partial charge in [-0.25, -0.2) is 4.57 Å². The van der Waals surface area contributed by atoms with Crippen LogP contribution in [0.15, 0.2) is 54.6 Å². The van der Waals surface area contributed by atoms with Crippen molar-refractivity contribution >= 4 is 11.0 Å². The smallest absolute Gasteiger partial charge is 0.225 e. The first-order valence-electron chi connectivity index (χ1n) is 12.7. The number of hydrogen-bond donors (Lipinski definition) is 0. The van der Waals surface area contributed by atoms with E-state index in [-0.39, 0.29) is 5.41 Å².